The maximum Gasteiger partial charge on any atom is 0.220 e. The molecule has 0 atom stereocenters. The van der Waals surface area contributed by atoms with Gasteiger partial charge in [-0.15, -0.1) is 0 Å². The Kier molecular flexibility index (Phi) is 8.36. The average molecular weight is 497 g/mol. The maximum atomic E-state index is 12.6. The van der Waals surface area contributed by atoms with Crippen LogP contribution >= 0.6 is 0 Å². The minimum Gasteiger partial charge on any atom is -0.497 e. The highest BCUT2D eigenvalue weighted by molar-refractivity contribution is 5.76. The molecule has 0 saturated carbocycles. The lowest BCUT2D eigenvalue weighted by Crippen LogP contribution is -2.23. The number of rotatable bonds is 10. The van der Waals surface area contributed by atoms with Crippen molar-refractivity contribution < 1.29 is 14.3 Å². The van der Waals surface area contributed by atoms with Crippen LogP contribution in [0, 0.1) is 6.92 Å². The highest BCUT2D eigenvalue weighted by Crippen LogP contribution is 2.26. The van der Waals surface area contributed by atoms with Gasteiger partial charge in [-0.1, -0.05) is 48.0 Å². The number of hydrogen-bond acceptors (Lipinski definition) is 4. The van der Waals surface area contributed by atoms with E-state index in [-0.39, 0.29) is 11.8 Å². The number of methoxy groups -OCH3 is 1. The zero-order valence-electron chi connectivity index (χ0n) is 21.5. The van der Waals surface area contributed by atoms with Gasteiger partial charge in [0.25, 0.3) is 0 Å². The SMILES string of the molecule is COc1ccc(-n2nc(CCC(=O)NCc3cccc(C)c3)cc2-c2cccc(CNC(C)=O)c2)cc1. The molecule has 0 unspecified atom stereocenters. The molecule has 3 aromatic carbocycles. The van der Waals surface area contributed by atoms with Gasteiger partial charge in [-0.25, -0.2) is 4.68 Å². The summed E-state index contributed by atoms with van der Waals surface area (Å²) in [5.74, 6) is 0.677. The lowest BCUT2D eigenvalue weighted by Gasteiger charge is -2.10. The second-order valence-corrected chi connectivity index (χ2v) is 9.01. The minimum absolute atomic E-state index is 0.0145. The van der Waals surface area contributed by atoms with E-state index in [1.165, 1.54) is 12.5 Å². The molecule has 7 nitrogen and oxygen atoms in total. The number of carbonyl (C=O) groups is 2. The van der Waals surface area contributed by atoms with Crippen molar-refractivity contribution in [3.63, 3.8) is 0 Å². The van der Waals surface area contributed by atoms with Gasteiger partial charge in [-0.05, 0) is 54.4 Å². The number of aryl methyl sites for hydroxylation is 2. The molecule has 37 heavy (non-hydrogen) atoms. The lowest BCUT2D eigenvalue weighted by molar-refractivity contribution is -0.121. The van der Waals surface area contributed by atoms with Crippen LogP contribution in [0.4, 0.5) is 0 Å². The zero-order chi connectivity index (χ0) is 26.2. The second kappa shape index (κ2) is 12.0. The van der Waals surface area contributed by atoms with Crippen molar-refractivity contribution in [1.82, 2.24) is 20.4 Å². The van der Waals surface area contributed by atoms with E-state index < -0.39 is 0 Å². The molecule has 4 aromatic rings. The van der Waals surface area contributed by atoms with Gasteiger partial charge in [0.1, 0.15) is 5.75 Å². The third kappa shape index (κ3) is 7.07. The summed E-state index contributed by atoms with van der Waals surface area (Å²) in [7, 11) is 1.64. The van der Waals surface area contributed by atoms with Crippen LogP contribution in [-0.2, 0) is 29.1 Å². The van der Waals surface area contributed by atoms with Crippen molar-refractivity contribution in [2.45, 2.75) is 39.8 Å². The van der Waals surface area contributed by atoms with Gasteiger partial charge in [0.15, 0.2) is 0 Å². The Balaban J connectivity index is 1.53. The number of nitrogens with one attached hydrogen (secondary N) is 2. The molecule has 190 valence electrons. The van der Waals surface area contributed by atoms with Crippen LogP contribution in [-0.4, -0.2) is 28.7 Å². The highest BCUT2D eigenvalue weighted by Gasteiger charge is 2.14. The average Bonchev–Trinajstić information content (AvgIpc) is 3.34. The van der Waals surface area contributed by atoms with Gasteiger partial charge in [0.05, 0.1) is 24.2 Å². The molecular formula is C30H32N4O3. The summed E-state index contributed by atoms with van der Waals surface area (Å²) in [6.07, 6.45) is 0.856. The van der Waals surface area contributed by atoms with E-state index in [4.69, 9.17) is 9.84 Å². The van der Waals surface area contributed by atoms with Crippen LogP contribution in [0.3, 0.4) is 0 Å². The second-order valence-electron chi connectivity index (χ2n) is 9.01. The van der Waals surface area contributed by atoms with Crippen molar-refractivity contribution in [1.29, 1.82) is 0 Å². The van der Waals surface area contributed by atoms with Gasteiger partial charge < -0.3 is 15.4 Å². The van der Waals surface area contributed by atoms with Crippen molar-refractivity contribution in [3.8, 4) is 22.7 Å². The Hall–Kier alpha value is -4.39. The summed E-state index contributed by atoms with van der Waals surface area (Å²) in [5, 5.41) is 10.7. The zero-order valence-corrected chi connectivity index (χ0v) is 21.5. The van der Waals surface area contributed by atoms with E-state index in [9.17, 15) is 9.59 Å². The summed E-state index contributed by atoms with van der Waals surface area (Å²) < 4.78 is 7.19. The number of carbonyl (C=O) groups excluding carboxylic acids is 2. The predicted molar refractivity (Wildman–Crippen MR) is 144 cm³/mol. The van der Waals surface area contributed by atoms with E-state index >= 15 is 0 Å². The van der Waals surface area contributed by atoms with Gasteiger partial charge in [-0.3, -0.25) is 9.59 Å². The number of nitrogens with zero attached hydrogens (tertiary/aromatic N) is 2. The molecule has 0 aliphatic carbocycles. The van der Waals surface area contributed by atoms with Crippen LogP contribution in [0.2, 0.25) is 0 Å². The Morgan fingerprint density at radius 1 is 0.892 bits per heavy atom. The first-order valence-electron chi connectivity index (χ1n) is 12.3. The Morgan fingerprint density at radius 2 is 1.59 bits per heavy atom. The molecule has 0 radical (unpaired) electrons. The summed E-state index contributed by atoms with van der Waals surface area (Å²) in [6.45, 7) is 4.50. The lowest BCUT2D eigenvalue weighted by atomic mass is 10.1. The molecule has 1 aromatic heterocycles. The van der Waals surface area contributed by atoms with Gasteiger partial charge >= 0.3 is 0 Å². The largest absolute Gasteiger partial charge is 0.497 e. The number of hydrogen-bond donors (Lipinski definition) is 2. The molecular weight excluding hydrogens is 464 g/mol. The predicted octanol–water partition coefficient (Wildman–Crippen LogP) is 4.74. The number of amides is 2. The van der Waals surface area contributed by atoms with E-state index in [2.05, 4.69) is 16.7 Å². The fourth-order valence-electron chi connectivity index (χ4n) is 4.10. The van der Waals surface area contributed by atoms with Crippen molar-refractivity contribution >= 4 is 11.8 Å². The highest BCUT2D eigenvalue weighted by atomic mass is 16.5. The first-order chi connectivity index (χ1) is 17.9. The molecule has 0 aliphatic heterocycles. The number of ether oxygens (including phenoxy) is 1. The topological polar surface area (TPSA) is 85.2 Å². The molecule has 0 fully saturated rings. The summed E-state index contributed by atoms with van der Waals surface area (Å²) in [5.41, 5.74) is 6.84. The fraction of sp³-hybridized carbons (Fsp3) is 0.233. The first-order valence-corrected chi connectivity index (χ1v) is 12.3. The van der Waals surface area contributed by atoms with Crippen molar-refractivity contribution in [2.24, 2.45) is 0 Å². The van der Waals surface area contributed by atoms with E-state index in [0.29, 0.717) is 25.9 Å². The van der Waals surface area contributed by atoms with Crippen LogP contribution in [0.1, 0.15) is 35.7 Å². The minimum atomic E-state index is -0.0726. The van der Waals surface area contributed by atoms with Gasteiger partial charge in [-0.2, -0.15) is 5.10 Å². The quantitative estimate of drug-likeness (QED) is 0.332. The van der Waals surface area contributed by atoms with Crippen molar-refractivity contribution in [2.75, 3.05) is 7.11 Å². The molecule has 7 heteroatoms. The molecule has 4 rings (SSSR count). The third-order valence-corrected chi connectivity index (χ3v) is 6.02. The van der Waals surface area contributed by atoms with Crippen LogP contribution in [0.25, 0.3) is 16.9 Å². The van der Waals surface area contributed by atoms with Gasteiger partial charge in [0.2, 0.25) is 11.8 Å². The Morgan fingerprint density at radius 3 is 2.30 bits per heavy atom. The third-order valence-electron chi connectivity index (χ3n) is 6.02. The van der Waals surface area contributed by atoms with E-state index in [1.807, 2.05) is 84.4 Å². The number of aromatic nitrogens is 2. The monoisotopic (exact) mass is 496 g/mol. The normalized spacial score (nSPS) is 10.7. The standard InChI is InChI=1S/C30H32N4O3/c1-21-6-4-7-23(16-21)20-32-30(36)15-10-26-18-29(25-9-5-8-24(17-25)19-31-22(2)35)34(33-26)27-11-13-28(37-3)14-12-27/h4-9,11-14,16-18H,10,15,19-20H2,1-3H3,(H,31,35)(H,32,36). The summed E-state index contributed by atoms with van der Waals surface area (Å²) in [6, 6.07) is 25.9. The molecule has 2 N–H and O–H groups in total. The smallest absolute Gasteiger partial charge is 0.220 e. The number of benzene rings is 3. The van der Waals surface area contributed by atoms with Crippen LogP contribution in [0.5, 0.6) is 5.75 Å². The van der Waals surface area contributed by atoms with Crippen molar-refractivity contribution in [3.05, 3.63) is 101 Å². The molecule has 0 spiro atoms. The van der Waals surface area contributed by atoms with E-state index in [1.54, 1.807) is 7.11 Å². The van der Waals surface area contributed by atoms with Gasteiger partial charge in [0, 0.05) is 38.4 Å². The fourth-order valence-corrected chi connectivity index (χ4v) is 4.10. The first kappa shape index (κ1) is 25.7. The molecule has 1 heterocycles. The van der Waals surface area contributed by atoms with E-state index in [0.717, 1.165) is 39.5 Å². The molecule has 0 aliphatic rings. The molecule has 0 bridgehead atoms. The Bertz CT molecular complexity index is 1380. The molecule has 2 amide bonds. The summed E-state index contributed by atoms with van der Waals surface area (Å²) in [4.78, 5) is 23.9. The summed E-state index contributed by atoms with van der Waals surface area (Å²) >= 11 is 0. The molecule has 0 saturated heterocycles. The maximum absolute atomic E-state index is 12.6. The van der Waals surface area contributed by atoms with Crippen LogP contribution < -0.4 is 15.4 Å². The Labute approximate surface area is 217 Å². The van der Waals surface area contributed by atoms with Crippen LogP contribution in [0.15, 0.2) is 78.9 Å².